The number of piperazine rings is 1. The molecule has 0 spiro atoms. The fourth-order valence-corrected chi connectivity index (χ4v) is 2.81. The van der Waals surface area contributed by atoms with Crippen LogP contribution in [0, 0.1) is 0 Å². The Kier molecular flexibility index (Phi) is 4.87. The van der Waals surface area contributed by atoms with Gasteiger partial charge in [-0.2, -0.15) is 4.98 Å². The van der Waals surface area contributed by atoms with Crippen molar-refractivity contribution in [3.8, 4) is 0 Å². The van der Waals surface area contributed by atoms with Gasteiger partial charge in [-0.05, 0) is 24.3 Å². The molecule has 5 N–H and O–H groups in total. The van der Waals surface area contributed by atoms with Gasteiger partial charge in [-0.3, -0.25) is 9.59 Å². The minimum atomic E-state index is -0.664. The summed E-state index contributed by atoms with van der Waals surface area (Å²) in [6.45, 7) is 4.67. The molecule has 0 bridgehead atoms. The van der Waals surface area contributed by atoms with Crippen LogP contribution in [0.25, 0.3) is 0 Å². The van der Waals surface area contributed by atoms with E-state index in [1.165, 1.54) is 6.20 Å². The Hall–Kier alpha value is -3.36. The number of hydrogen-bond donors (Lipinski definition) is 3. The van der Waals surface area contributed by atoms with Crippen molar-refractivity contribution in [2.24, 2.45) is 5.73 Å². The van der Waals surface area contributed by atoms with Crippen LogP contribution in [-0.2, 0) is 4.79 Å². The lowest BCUT2D eigenvalue weighted by Gasteiger charge is -2.35. The molecule has 136 valence electrons. The number of anilines is 4. The number of nitrogens with two attached hydrogens (primary N) is 2. The Bertz CT molecular complexity index is 814. The minimum Gasteiger partial charge on any atom is -0.383 e. The van der Waals surface area contributed by atoms with Gasteiger partial charge in [0.05, 0.1) is 5.56 Å². The summed E-state index contributed by atoms with van der Waals surface area (Å²) in [4.78, 5) is 34.7. The van der Waals surface area contributed by atoms with Crippen molar-refractivity contribution in [2.75, 3.05) is 42.1 Å². The first-order valence-corrected chi connectivity index (χ1v) is 8.24. The van der Waals surface area contributed by atoms with Crippen LogP contribution in [0.4, 0.5) is 23.1 Å². The lowest BCUT2D eigenvalue weighted by molar-refractivity contribution is -0.129. The Morgan fingerprint density at radius 1 is 1.12 bits per heavy atom. The Labute approximate surface area is 151 Å². The van der Waals surface area contributed by atoms with Crippen LogP contribution in [0.15, 0.2) is 30.5 Å². The monoisotopic (exact) mass is 355 g/mol. The number of aromatic nitrogens is 2. The van der Waals surface area contributed by atoms with E-state index in [0.717, 1.165) is 37.6 Å². The first kappa shape index (κ1) is 17.5. The maximum Gasteiger partial charge on any atom is 0.254 e. The van der Waals surface area contributed by atoms with Crippen molar-refractivity contribution < 1.29 is 9.59 Å². The number of rotatable bonds is 4. The molecular formula is C17H21N7O2. The molecule has 2 heterocycles. The molecule has 0 saturated carbocycles. The van der Waals surface area contributed by atoms with Crippen molar-refractivity contribution >= 4 is 35.0 Å². The second kappa shape index (κ2) is 7.26. The van der Waals surface area contributed by atoms with Crippen LogP contribution in [-0.4, -0.2) is 52.9 Å². The van der Waals surface area contributed by atoms with Crippen molar-refractivity contribution in [3.05, 3.63) is 36.0 Å². The maximum absolute atomic E-state index is 11.4. The Morgan fingerprint density at radius 2 is 1.77 bits per heavy atom. The Morgan fingerprint density at radius 3 is 2.31 bits per heavy atom. The predicted octanol–water partition coefficient (Wildman–Crippen LogP) is 0.570. The summed E-state index contributed by atoms with van der Waals surface area (Å²) in [6, 6.07) is 7.81. The van der Waals surface area contributed by atoms with Crippen LogP contribution < -0.4 is 21.7 Å². The molecule has 1 aliphatic rings. The summed E-state index contributed by atoms with van der Waals surface area (Å²) in [7, 11) is 0. The second-order valence-corrected chi connectivity index (χ2v) is 6.02. The molecule has 0 aliphatic carbocycles. The topological polar surface area (TPSA) is 130 Å². The summed E-state index contributed by atoms with van der Waals surface area (Å²) in [5, 5.41) is 3.04. The number of nitrogens with one attached hydrogen (secondary N) is 1. The number of nitrogens with zero attached hydrogens (tertiary/aromatic N) is 4. The zero-order valence-electron chi connectivity index (χ0n) is 14.5. The predicted molar refractivity (Wildman–Crippen MR) is 99.2 cm³/mol. The normalized spacial score (nSPS) is 14.2. The van der Waals surface area contributed by atoms with E-state index in [1.54, 1.807) is 6.92 Å². The average Bonchev–Trinajstić information content (AvgIpc) is 2.62. The molecule has 1 fully saturated rings. The third-order valence-corrected chi connectivity index (χ3v) is 4.30. The average molecular weight is 355 g/mol. The van der Waals surface area contributed by atoms with E-state index in [9.17, 15) is 9.59 Å². The summed E-state index contributed by atoms with van der Waals surface area (Å²) in [5.41, 5.74) is 12.9. The zero-order valence-corrected chi connectivity index (χ0v) is 14.5. The molecule has 0 atom stereocenters. The molecular weight excluding hydrogens is 334 g/mol. The lowest BCUT2D eigenvalue weighted by Crippen LogP contribution is -2.48. The molecule has 9 heteroatoms. The maximum atomic E-state index is 11.4. The van der Waals surface area contributed by atoms with Gasteiger partial charge in [0.1, 0.15) is 5.82 Å². The molecule has 2 amide bonds. The van der Waals surface area contributed by atoms with Crippen molar-refractivity contribution in [2.45, 2.75) is 6.92 Å². The molecule has 9 nitrogen and oxygen atoms in total. The zero-order chi connectivity index (χ0) is 18.7. The van der Waals surface area contributed by atoms with Crippen LogP contribution >= 0.6 is 0 Å². The quantitative estimate of drug-likeness (QED) is 0.731. The van der Waals surface area contributed by atoms with E-state index in [-0.39, 0.29) is 23.2 Å². The molecule has 0 radical (unpaired) electrons. The third-order valence-electron chi connectivity index (χ3n) is 4.30. The smallest absolute Gasteiger partial charge is 0.254 e. The summed E-state index contributed by atoms with van der Waals surface area (Å²) in [5.74, 6) is -0.223. The van der Waals surface area contributed by atoms with Crippen molar-refractivity contribution in [1.29, 1.82) is 0 Å². The van der Waals surface area contributed by atoms with E-state index in [4.69, 9.17) is 11.5 Å². The number of carbonyl (C=O) groups excluding carboxylic acids is 2. The van der Waals surface area contributed by atoms with Gasteiger partial charge in [0, 0.05) is 50.7 Å². The van der Waals surface area contributed by atoms with Crippen LogP contribution in [0.5, 0.6) is 0 Å². The summed E-state index contributed by atoms with van der Waals surface area (Å²) < 4.78 is 0. The van der Waals surface area contributed by atoms with Gasteiger partial charge in [0.25, 0.3) is 5.91 Å². The number of nitrogen functional groups attached to an aromatic ring is 1. The van der Waals surface area contributed by atoms with E-state index in [1.807, 2.05) is 29.2 Å². The first-order chi connectivity index (χ1) is 12.4. The highest BCUT2D eigenvalue weighted by Gasteiger charge is 2.18. The van der Waals surface area contributed by atoms with Gasteiger partial charge in [-0.1, -0.05) is 0 Å². The van der Waals surface area contributed by atoms with Gasteiger partial charge in [-0.15, -0.1) is 0 Å². The fraction of sp³-hybridized carbons (Fsp3) is 0.294. The molecule has 1 aromatic carbocycles. The number of primary amides is 1. The van der Waals surface area contributed by atoms with Crippen molar-refractivity contribution in [3.63, 3.8) is 0 Å². The highest BCUT2D eigenvalue weighted by molar-refractivity contribution is 5.96. The number of hydrogen-bond acceptors (Lipinski definition) is 7. The molecule has 1 saturated heterocycles. The highest BCUT2D eigenvalue weighted by Crippen LogP contribution is 2.21. The van der Waals surface area contributed by atoms with Gasteiger partial charge >= 0.3 is 0 Å². The third kappa shape index (κ3) is 3.82. The SMILES string of the molecule is CC(=O)N1CCN(c2ccc(Nc3ncc(C(N)=O)c(N)n3)cc2)CC1. The largest absolute Gasteiger partial charge is 0.383 e. The molecule has 0 unspecified atom stereocenters. The van der Waals surface area contributed by atoms with E-state index in [0.29, 0.717) is 0 Å². The fourth-order valence-electron chi connectivity index (χ4n) is 2.81. The molecule has 26 heavy (non-hydrogen) atoms. The number of benzene rings is 1. The molecule has 1 aromatic heterocycles. The molecule has 1 aliphatic heterocycles. The Balaban J connectivity index is 1.64. The highest BCUT2D eigenvalue weighted by atomic mass is 16.2. The van der Waals surface area contributed by atoms with Gasteiger partial charge in [0.15, 0.2) is 0 Å². The number of amides is 2. The van der Waals surface area contributed by atoms with Crippen LogP contribution in [0.2, 0.25) is 0 Å². The van der Waals surface area contributed by atoms with E-state index >= 15 is 0 Å². The van der Waals surface area contributed by atoms with Gasteiger partial charge < -0.3 is 26.6 Å². The lowest BCUT2D eigenvalue weighted by atomic mass is 10.2. The van der Waals surface area contributed by atoms with E-state index < -0.39 is 5.91 Å². The second-order valence-electron chi connectivity index (χ2n) is 6.02. The standard InChI is InChI=1S/C17H21N7O2/c1-11(25)23-6-8-24(9-7-23)13-4-2-12(3-5-13)21-17-20-10-14(16(19)26)15(18)22-17/h2-5,10H,6-9H2,1H3,(H2,19,26)(H3,18,20,21,22). The van der Waals surface area contributed by atoms with Gasteiger partial charge in [0.2, 0.25) is 11.9 Å². The van der Waals surface area contributed by atoms with Crippen LogP contribution in [0.1, 0.15) is 17.3 Å². The number of carbonyl (C=O) groups is 2. The molecule has 3 rings (SSSR count). The first-order valence-electron chi connectivity index (χ1n) is 8.24. The summed E-state index contributed by atoms with van der Waals surface area (Å²) in [6.07, 6.45) is 1.30. The van der Waals surface area contributed by atoms with E-state index in [2.05, 4.69) is 20.2 Å². The van der Waals surface area contributed by atoms with Gasteiger partial charge in [-0.25, -0.2) is 4.98 Å². The summed E-state index contributed by atoms with van der Waals surface area (Å²) >= 11 is 0. The van der Waals surface area contributed by atoms with Crippen molar-refractivity contribution in [1.82, 2.24) is 14.9 Å². The minimum absolute atomic E-state index is 0.0370. The molecule has 2 aromatic rings. The van der Waals surface area contributed by atoms with Crippen LogP contribution in [0.3, 0.4) is 0 Å².